The average Bonchev–Trinajstić information content (AvgIpc) is 1.41. The van der Waals surface area contributed by atoms with Gasteiger partial charge in [0.15, 0.2) is 0 Å². The van der Waals surface area contributed by atoms with Crippen LogP contribution in [0, 0.1) is 0 Å². The Balaban J connectivity index is 0. The van der Waals surface area contributed by atoms with Gasteiger partial charge in [0, 0.05) is 15.2 Å². The molecule has 0 saturated heterocycles. The van der Waals surface area contributed by atoms with Crippen LogP contribution < -0.4 is 0 Å². The smallest absolute Gasteiger partial charge is 0.0274 e. The Bertz CT molecular complexity index is 12.3. The van der Waals surface area contributed by atoms with E-state index in [-0.39, 0.29) is 8.80 Å². The second kappa shape index (κ2) is 9.10. The molecule has 0 heterocycles. The molecule has 0 spiro atoms. The highest BCUT2D eigenvalue weighted by Gasteiger charge is 1.71. The van der Waals surface area contributed by atoms with E-state index in [0.29, 0.717) is 0 Å². The van der Waals surface area contributed by atoms with Gasteiger partial charge >= 0.3 is 0 Å². The molecule has 0 N–H and O–H groups in total. The van der Waals surface area contributed by atoms with Gasteiger partial charge in [-0.2, -0.15) is 0 Å². The van der Waals surface area contributed by atoms with Crippen molar-refractivity contribution in [3.8, 4) is 0 Å². The van der Waals surface area contributed by atoms with Gasteiger partial charge in [-0.25, -0.2) is 0 Å². The molecule has 0 aliphatic carbocycles. The van der Waals surface area contributed by atoms with Crippen LogP contribution in [0.4, 0.5) is 0 Å². The van der Waals surface area contributed by atoms with E-state index < -0.39 is 0 Å². The lowest BCUT2D eigenvalue weighted by Crippen LogP contribution is -1.84. The van der Waals surface area contributed by atoms with Crippen LogP contribution in [0.25, 0.3) is 0 Å². The van der Waals surface area contributed by atoms with Crippen molar-refractivity contribution in [2.75, 3.05) is 6.38 Å². The molecule has 0 amide bonds. The number of hydrogen-bond acceptors (Lipinski definition) is 0. The summed E-state index contributed by atoms with van der Waals surface area (Å²) in [5, 5.41) is 0. The van der Waals surface area contributed by atoms with Crippen LogP contribution in [0.2, 0.25) is 19.6 Å². The third-order valence-corrected chi connectivity index (χ3v) is 0. The molecule has 0 radical (unpaired) electrons. The van der Waals surface area contributed by atoms with Crippen LogP contribution in [-0.4, -0.2) is 15.2 Å². The van der Waals surface area contributed by atoms with Gasteiger partial charge in [-0.15, -0.1) is 11.6 Å². The van der Waals surface area contributed by atoms with Crippen LogP contribution in [0.3, 0.4) is 0 Å². The fraction of sp³-hybridized carbons (Fsp3) is 1.00. The number of hydrogen-bond donors (Lipinski definition) is 0. The van der Waals surface area contributed by atoms with Crippen molar-refractivity contribution in [3.05, 3.63) is 0 Å². The molecule has 0 rings (SSSR count). The van der Waals surface area contributed by atoms with E-state index in [1.54, 1.807) is 0 Å². The highest BCUT2D eigenvalue weighted by atomic mass is 35.5. The molecule has 0 atom stereocenters. The standard InChI is InChI=1S/C3H10Si.CH3Cl/c1-4(2)3;1-2/h4H,1-3H3;1H3. The summed E-state index contributed by atoms with van der Waals surface area (Å²) in [6.45, 7) is 6.92. The Labute approximate surface area is 47.1 Å². The van der Waals surface area contributed by atoms with Crippen molar-refractivity contribution >= 4 is 20.4 Å². The lowest BCUT2D eigenvalue weighted by molar-refractivity contribution is 1.91. The van der Waals surface area contributed by atoms with Crippen molar-refractivity contribution in [1.29, 1.82) is 0 Å². The Hall–Kier alpha value is 0.507. The second-order valence-electron chi connectivity index (χ2n) is 1.73. The fourth-order valence-corrected chi connectivity index (χ4v) is 0. The minimum atomic E-state index is -0.139. The Morgan fingerprint density at radius 1 is 1.00 bits per heavy atom. The molecule has 0 bridgehead atoms. The molecule has 0 aromatic rings. The molecular formula is C4H13ClSi. The molecule has 6 heavy (non-hydrogen) atoms. The van der Waals surface area contributed by atoms with Crippen LogP contribution >= 0.6 is 11.6 Å². The first-order valence-corrected chi connectivity index (χ1v) is 6.33. The first-order valence-electron chi connectivity index (χ1n) is 2.11. The number of halogens is 1. The van der Waals surface area contributed by atoms with E-state index in [0.717, 1.165) is 0 Å². The monoisotopic (exact) mass is 124 g/mol. The molecular weight excluding hydrogens is 112 g/mol. The van der Waals surface area contributed by atoms with E-state index in [4.69, 9.17) is 0 Å². The summed E-state index contributed by atoms with van der Waals surface area (Å²) >= 11 is 4.64. The van der Waals surface area contributed by atoms with Gasteiger partial charge in [0.25, 0.3) is 0 Å². The molecule has 0 aromatic carbocycles. The maximum atomic E-state index is 4.64. The molecule has 0 unspecified atom stereocenters. The van der Waals surface area contributed by atoms with E-state index >= 15 is 0 Å². The van der Waals surface area contributed by atoms with Gasteiger partial charge in [0.1, 0.15) is 0 Å². The fourth-order valence-electron chi connectivity index (χ4n) is 0. The second-order valence-corrected chi connectivity index (χ2v) is 5.20. The highest BCUT2D eigenvalue weighted by Crippen LogP contribution is 1.68. The van der Waals surface area contributed by atoms with Crippen LogP contribution in [0.5, 0.6) is 0 Å². The first kappa shape index (κ1) is 9.71. The molecule has 0 aliphatic rings. The van der Waals surface area contributed by atoms with Gasteiger partial charge in [-0.05, 0) is 0 Å². The quantitative estimate of drug-likeness (QED) is 0.342. The average molecular weight is 125 g/mol. The molecule has 0 aliphatic heterocycles. The van der Waals surface area contributed by atoms with Gasteiger partial charge in [0.2, 0.25) is 0 Å². The minimum absolute atomic E-state index is 0.139. The van der Waals surface area contributed by atoms with E-state index in [2.05, 4.69) is 31.2 Å². The third-order valence-electron chi connectivity index (χ3n) is 0. The van der Waals surface area contributed by atoms with E-state index in [9.17, 15) is 0 Å². The van der Waals surface area contributed by atoms with Crippen molar-refractivity contribution in [2.45, 2.75) is 19.6 Å². The normalized spacial score (nSPS) is 7.00. The molecule has 2 heteroatoms. The van der Waals surface area contributed by atoms with Crippen molar-refractivity contribution < 1.29 is 0 Å². The summed E-state index contributed by atoms with van der Waals surface area (Å²) in [6.07, 6.45) is 1.47. The SMILES string of the molecule is CCl.C[SiH](C)C. The summed E-state index contributed by atoms with van der Waals surface area (Å²) < 4.78 is 0. The molecule has 0 nitrogen and oxygen atoms in total. The van der Waals surface area contributed by atoms with Crippen molar-refractivity contribution in [3.63, 3.8) is 0 Å². The van der Waals surface area contributed by atoms with Gasteiger partial charge in [-0.3, -0.25) is 0 Å². The van der Waals surface area contributed by atoms with Crippen LogP contribution in [-0.2, 0) is 0 Å². The van der Waals surface area contributed by atoms with Gasteiger partial charge < -0.3 is 0 Å². The van der Waals surface area contributed by atoms with Gasteiger partial charge in [0.05, 0.1) is 0 Å². The summed E-state index contributed by atoms with van der Waals surface area (Å²) in [5.41, 5.74) is 0. The predicted molar refractivity (Wildman–Crippen MR) is 36.5 cm³/mol. The van der Waals surface area contributed by atoms with E-state index in [1.165, 1.54) is 6.38 Å². The van der Waals surface area contributed by atoms with Crippen molar-refractivity contribution in [1.82, 2.24) is 0 Å². The summed E-state index contributed by atoms with van der Waals surface area (Å²) in [6, 6.07) is 0. The predicted octanol–water partition coefficient (Wildman–Crippen LogP) is 1.96. The van der Waals surface area contributed by atoms with Gasteiger partial charge in [-0.1, -0.05) is 19.6 Å². The molecule has 0 aromatic heterocycles. The van der Waals surface area contributed by atoms with Crippen LogP contribution in [0.15, 0.2) is 0 Å². The number of alkyl halides is 1. The number of rotatable bonds is 0. The maximum Gasteiger partial charge on any atom is 0.0274 e. The third kappa shape index (κ3) is 216. The zero-order valence-electron chi connectivity index (χ0n) is 4.96. The topological polar surface area (TPSA) is 0 Å². The lowest BCUT2D eigenvalue weighted by Gasteiger charge is -1.75. The largest absolute Gasteiger partial charge is 0.130 e. The molecule has 0 saturated carbocycles. The van der Waals surface area contributed by atoms with Crippen molar-refractivity contribution in [2.24, 2.45) is 0 Å². The Morgan fingerprint density at radius 2 is 1.00 bits per heavy atom. The highest BCUT2D eigenvalue weighted by molar-refractivity contribution is 6.54. The minimum Gasteiger partial charge on any atom is -0.130 e. The summed E-state index contributed by atoms with van der Waals surface area (Å²) in [4.78, 5) is 0. The Kier molecular flexibility index (Phi) is 14.7. The van der Waals surface area contributed by atoms with Crippen LogP contribution in [0.1, 0.15) is 0 Å². The zero-order valence-corrected chi connectivity index (χ0v) is 6.87. The summed E-state index contributed by atoms with van der Waals surface area (Å²) in [7, 11) is -0.139. The Morgan fingerprint density at radius 3 is 1.00 bits per heavy atom. The first-order chi connectivity index (χ1) is 2.73. The summed E-state index contributed by atoms with van der Waals surface area (Å²) in [5.74, 6) is 0. The molecule has 0 fully saturated rings. The zero-order chi connectivity index (χ0) is 5.58. The maximum absolute atomic E-state index is 4.64. The lowest BCUT2D eigenvalue weighted by atomic mass is 11.8. The van der Waals surface area contributed by atoms with E-state index in [1.807, 2.05) is 0 Å². The molecule has 40 valence electrons.